The summed E-state index contributed by atoms with van der Waals surface area (Å²) in [6.45, 7) is 9.45. The van der Waals surface area contributed by atoms with Crippen LogP contribution in [0.1, 0.15) is 24.2 Å². The average molecular weight is 367 g/mol. The largest absolute Gasteiger partial charge is 0.494 e. The van der Waals surface area contributed by atoms with Gasteiger partial charge in [-0.1, -0.05) is 18.2 Å². The van der Waals surface area contributed by atoms with Gasteiger partial charge in [0.2, 0.25) is 0 Å². The first-order chi connectivity index (χ1) is 13.2. The molecule has 0 bridgehead atoms. The van der Waals surface area contributed by atoms with E-state index >= 15 is 0 Å². The molecule has 1 saturated heterocycles. The van der Waals surface area contributed by atoms with Crippen molar-refractivity contribution in [3.63, 3.8) is 0 Å². The second-order valence-corrected chi connectivity index (χ2v) is 6.88. The highest BCUT2D eigenvalue weighted by Crippen LogP contribution is 2.16. The number of hydrogen-bond donors (Lipinski definition) is 1. The van der Waals surface area contributed by atoms with Crippen LogP contribution in [0.5, 0.6) is 5.75 Å². The van der Waals surface area contributed by atoms with Gasteiger partial charge in [-0.2, -0.15) is 0 Å². The summed E-state index contributed by atoms with van der Waals surface area (Å²) < 4.78 is 5.42. The lowest BCUT2D eigenvalue weighted by Gasteiger charge is -2.39. The average Bonchev–Trinajstić information content (AvgIpc) is 2.73. The fourth-order valence-corrected chi connectivity index (χ4v) is 3.40. The van der Waals surface area contributed by atoms with E-state index in [2.05, 4.69) is 52.4 Å². The Hall–Kier alpha value is -2.53. The number of hydrogen-bond acceptors (Lipinski definition) is 4. The van der Waals surface area contributed by atoms with E-state index in [1.165, 1.54) is 5.69 Å². The molecule has 0 spiro atoms. The second kappa shape index (κ2) is 9.42. The molecule has 0 saturated carbocycles. The predicted molar refractivity (Wildman–Crippen MR) is 110 cm³/mol. The molecule has 27 heavy (non-hydrogen) atoms. The van der Waals surface area contributed by atoms with Crippen LogP contribution in [0.2, 0.25) is 0 Å². The van der Waals surface area contributed by atoms with Gasteiger partial charge in [0, 0.05) is 50.0 Å². The van der Waals surface area contributed by atoms with Gasteiger partial charge in [-0.25, -0.2) is 0 Å². The number of anilines is 1. The lowest BCUT2D eigenvalue weighted by Crippen LogP contribution is -2.52. The molecule has 0 aromatic heterocycles. The summed E-state index contributed by atoms with van der Waals surface area (Å²) in [7, 11) is 0. The number of benzene rings is 2. The Labute approximate surface area is 161 Å². The van der Waals surface area contributed by atoms with Gasteiger partial charge >= 0.3 is 0 Å². The van der Waals surface area contributed by atoms with E-state index in [-0.39, 0.29) is 5.91 Å². The predicted octanol–water partition coefficient (Wildman–Crippen LogP) is 3.03. The summed E-state index contributed by atoms with van der Waals surface area (Å²) in [5.41, 5.74) is 1.95. The number of nitrogens with zero attached hydrogens (tertiary/aromatic N) is 2. The fourth-order valence-electron chi connectivity index (χ4n) is 3.40. The van der Waals surface area contributed by atoms with Crippen LogP contribution >= 0.6 is 0 Å². The molecule has 1 aliphatic heterocycles. The third-order valence-electron chi connectivity index (χ3n) is 5.04. The number of carbonyl (C=O) groups is 1. The molecule has 0 unspecified atom stereocenters. The Kier molecular flexibility index (Phi) is 6.71. The summed E-state index contributed by atoms with van der Waals surface area (Å²) in [6, 6.07) is 18.2. The zero-order valence-electron chi connectivity index (χ0n) is 16.2. The van der Waals surface area contributed by atoms with Crippen LogP contribution in [0.25, 0.3) is 0 Å². The number of para-hydroxylation sites is 1. The van der Waals surface area contributed by atoms with Gasteiger partial charge in [0.05, 0.1) is 6.61 Å². The third kappa shape index (κ3) is 5.23. The molecule has 0 radical (unpaired) electrons. The molecular formula is C22H29N3O2. The molecule has 5 heteroatoms. The first-order valence-corrected chi connectivity index (χ1v) is 9.72. The van der Waals surface area contributed by atoms with Gasteiger partial charge in [0.15, 0.2) is 0 Å². The maximum absolute atomic E-state index is 12.4. The molecule has 1 fully saturated rings. The van der Waals surface area contributed by atoms with Crippen LogP contribution in [0, 0.1) is 0 Å². The normalized spacial score (nSPS) is 16.0. The molecule has 0 aliphatic carbocycles. The molecular weight excluding hydrogens is 338 g/mol. The molecule has 144 valence electrons. The highest BCUT2D eigenvalue weighted by Gasteiger charge is 2.21. The smallest absolute Gasteiger partial charge is 0.251 e. The Morgan fingerprint density at radius 2 is 1.70 bits per heavy atom. The van der Waals surface area contributed by atoms with Crippen LogP contribution in [0.15, 0.2) is 54.6 Å². The number of carbonyl (C=O) groups excluding carboxylic acids is 1. The van der Waals surface area contributed by atoms with Crippen molar-refractivity contribution in [2.24, 2.45) is 0 Å². The van der Waals surface area contributed by atoms with E-state index in [9.17, 15) is 4.79 Å². The third-order valence-corrected chi connectivity index (χ3v) is 5.04. The number of amides is 1. The van der Waals surface area contributed by atoms with E-state index in [1.54, 1.807) is 0 Å². The van der Waals surface area contributed by atoms with E-state index in [0.717, 1.165) is 31.9 Å². The first-order valence-electron chi connectivity index (χ1n) is 9.72. The Morgan fingerprint density at radius 3 is 2.33 bits per heavy atom. The summed E-state index contributed by atoms with van der Waals surface area (Å²) in [6.07, 6.45) is 0. The molecule has 1 heterocycles. The Balaban J connectivity index is 1.44. The van der Waals surface area contributed by atoms with Crippen molar-refractivity contribution in [1.29, 1.82) is 0 Å². The van der Waals surface area contributed by atoms with Crippen molar-refractivity contribution in [3.8, 4) is 5.75 Å². The zero-order chi connectivity index (χ0) is 19.1. The molecule has 1 atom stereocenters. The van der Waals surface area contributed by atoms with Gasteiger partial charge in [-0.15, -0.1) is 0 Å². The quantitative estimate of drug-likeness (QED) is 0.817. The fraction of sp³-hybridized carbons (Fsp3) is 0.409. The molecule has 1 N–H and O–H groups in total. The maximum atomic E-state index is 12.4. The molecule has 1 amide bonds. The van der Waals surface area contributed by atoms with Crippen molar-refractivity contribution in [2.75, 3.05) is 44.2 Å². The van der Waals surface area contributed by atoms with Crippen LogP contribution in [0.3, 0.4) is 0 Å². The lowest BCUT2D eigenvalue weighted by atomic mass is 10.2. The summed E-state index contributed by atoms with van der Waals surface area (Å²) >= 11 is 0. The Morgan fingerprint density at radius 1 is 1.04 bits per heavy atom. The molecule has 2 aromatic rings. The lowest BCUT2D eigenvalue weighted by molar-refractivity contribution is 0.0934. The van der Waals surface area contributed by atoms with Crippen molar-refractivity contribution >= 4 is 11.6 Å². The van der Waals surface area contributed by atoms with Crippen molar-refractivity contribution in [3.05, 3.63) is 60.2 Å². The topological polar surface area (TPSA) is 44.8 Å². The number of nitrogens with one attached hydrogen (secondary N) is 1. The van der Waals surface area contributed by atoms with Gasteiger partial charge in [0.1, 0.15) is 5.75 Å². The van der Waals surface area contributed by atoms with Crippen LogP contribution in [0.4, 0.5) is 5.69 Å². The molecule has 2 aromatic carbocycles. The van der Waals surface area contributed by atoms with E-state index in [4.69, 9.17) is 4.74 Å². The van der Waals surface area contributed by atoms with E-state index < -0.39 is 0 Å². The standard InChI is InChI=1S/C22H29N3O2/c1-3-27-21-11-9-19(10-12-21)22(26)23-17-18(2)24-13-15-25(16-14-24)20-7-5-4-6-8-20/h4-12,18H,3,13-17H2,1-2H3,(H,23,26)/t18-/m0/s1. The Bertz CT molecular complexity index is 710. The van der Waals surface area contributed by atoms with Gasteiger partial charge in [-0.05, 0) is 50.2 Å². The second-order valence-electron chi connectivity index (χ2n) is 6.88. The van der Waals surface area contributed by atoms with Gasteiger partial charge in [0.25, 0.3) is 5.91 Å². The SMILES string of the molecule is CCOc1ccc(C(=O)NC[C@H](C)N2CCN(c3ccccc3)CC2)cc1. The van der Waals surface area contributed by atoms with Crippen molar-refractivity contribution in [1.82, 2.24) is 10.2 Å². The molecule has 3 rings (SSSR count). The summed E-state index contributed by atoms with van der Waals surface area (Å²) in [5.74, 6) is 0.756. The minimum absolute atomic E-state index is 0.0344. The summed E-state index contributed by atoms with van der Waals surface area (Å²) in [5, 5.41) is 3.06. The van der Waals surface area contributed by atoms with Gasteiger partial charge in [-0.3, -0.25) is 9.69 Å². The molecule has 1 aliphatic rings. The van der Waals surface area contributed by atoms with Crippen molar-refractivity contribution in [2.45, 2.75) is 19.9 Å². The monoisotopic (exact) mass is 367 g/mol. The highest BCUT2D eigenvalue weighted by atomic mass is 16.5. The van der Waals surface area contributed by atoms with E-state index in [0.29, 0.717) is 24.8 Å². The first kappa shape index (κ1) is 19.2. The van der Waals surface area contributed by atoms with Crippen molar-refractivity contribution < 1.29 is 9.53 Å². The van der Waals surface area contributed by atoms with Gasteiger partial charge < -0.3 is 15.0 Å². The zero-order valence-corrected chi connectivity index (χ0v) is 16.2. The maximum Gasteiger partial charge on any atom is 0.251 e. The van der Waals surface area contributed by atoms with Crippen LogP contribution in [-0.2, 0) is 0 Å². The number of piperazine rings is 1. The highest BCUT2D eigenvalue weighted by molar-refractivity contribution is 5.94. The summed E-state index contributed by atoms with van der Waals surface area (Å²) in [4.78, 5) is 17.2. The number of rotatable bonds is 7. The minimum Gasteiger partial charge on any atom is -0.494 e. The van der Waals surface area contributed by atoms with Crippen LogP contribution < -0.4 is 15.0 Å². The minimum atomic E-state index is -0.0344. The molecule has 5 nitrogen and oxygen atoms in total. The van der Waals surface area contributed by atoms with Crippen LogP contribution in [-0.4, -0.2) is 56.2 Å². The van der Waals surface area contributed by atoms with E-state index in [1.807, 2.05) is 31.2 Å². The number of ether oxygens (including phenoxy) is 1.